The van der Waals surface area contributed by atoms with Gasteiger partial charge in [0.15, 0.2) is 0 Å². The Morgan fingerprint density at radius 3 is 2.56 bits per heavy atom. The molecule has 168 valence electrons. The fraction of sp³-hybridized carbons (Fsp3) is 0.346. The Morgan fingerprint density at radius 1 is 1.19 bits per heavy atom. The predicted octanol–water partition coefficient (Wildman–Crippen LogP) is 7.21. The van der Waals surface area contributed by atoms with Crippen LogP contribution in [0.25, 0.3) is 11.3 Å². The van der Waals surface area contributed by atoms with E-state index in [0.717, 1.165) is 57.3 Å². The highest BCUT2D eigenvalue weighted by atomic mass is 35.5. The Labute approximate surface area is 198 Å². The van der Waals surface area contributed by atoms with Crippen LogP contribution in [0.15, 0.2) is 36.4 Å². The summed E-state index contributed by atoms with van der Waals surface area (Å²) < 4.78 is 18.7. The van der Waals surface area contributed by atoms with Crippen molar-refractivity contribution in [1.82, 2.24) is 4.98 Å². The lowest BCUT2D eigenvalue weighted by Gasteiger charge is -2.11. The number of methoxy groups -OCH3 is 1. The molecule has 2 aromatic carbocycles. The highest BCUT2D eigenvalue weighted by Crippen LogP contribution is 2.37. The van der Waals surface area contributed by atoms with Gasteiger partial charge in [-0.25, -0.2) is 9.37 Å². The molecule has 0 radical (unpaired) electrons. The number of halogens is 2. The molecule has 3 rings (SSSR count). The van der Waals surface area contributed by atoms with E-state index in [0.29, 0.717) is 5.02 Å². The minimum absolute atomic E-state index is 0.0146. The summed E-state index contributed by atoms with van der Waals surface area (Å²) >= 11 is 8.04. The van der Waals surface area contributed by atoms with E-state index in [1.54, 1.807) is 19.2 Å². The molecule has 2 N–H and O–H groups in total. The van der Waals surface area contributed by atoms with Crippen LogP contribution in [0.1, 0.15) is 59.2 Å². The highest BCUT2D eigenvalue weighted by Gasteiger charge is 2.18. The van der Waals surface area contributed by atoms with Gasteiger partial charge in [-0.3, -0.25) is 0 Å². The van der Waals surface area contributed by atoms with Crippen molar-refractivity contribution in [3.05, 3.63) is 68.2 Å². The van der Waals surface area contributed by atoms with Crippen molar-refractivity contribution in [3.63, 3.8) is 0 Å². The van der Waals surface area contributed by atoms with Crippen LogP contribution in [0.4, 0.5) is 4.39 Å². The standard InChI is InChI=1S/C26H28ClFN2OS/c1-5-6-7-18(19-8-11-20(28)12-9-19)10-13-23(29)26-30-25(17(3)32-26)21-14-16(2)24(31-4)15-22(21)27/h8-9,11-12,14-15,18,23H,5-7,29H2,1-4H3/t18-,23?/m1/s1. The molecule has 6 heteroatoms. The number of thiazole rings is 1. The first-order chi connectivity index (χ1) is 15.3. The lowest BCUT2D eigenvalue weighted by Crippen LogP contribution is -2.08. The van der Waals surface area contributed by atoms with E-state index in [1.165, 1.54) is 23.5 Å². The maximum absolute atomic E-state index is 13.3. The molecule has 0 amide bonds. The molecule has 0 spiro atoms. The minimum Gasteiger partial charge on any atom is -0.496 e. The number of ether oxygens (including phenoxy) is 1. The van der Waals surface area contributed by atoms with Crippen LogP contribution in [0.3, 0.4) is 0 Å². The van der Waals surface area contributed by atoms with Crippen LogP contribution in [-0.2, 0) is 0 Å². The molecule has 0 saturated heterocycles. The fourth-order valence-electron chi connectivity index (χ4n) is 3.54. The monoisotopic (exact) mass is 470 g/mol. The summed E-state index contributed by atoms with van der Waals surface area (Å²) in [7, 11) is 1.63. The van der Waals surface area contributed by atoms with Gasteiger partial charge in [0.2, 0.25) is 0 Å². The molecule has 2 atom stereocenters. The molecule has 1 aromatic heterocycles. The summed E-state index contributed by atoms with van der Waals surface area (Å²) in [6.45, 7) is 6.13. The van der Waals surface area contributed by atoms with Crippen molar-refractivity contribution in [2.45, 2.75) is 52.0 Å². The molecular formula is C26H28ClFN2OS. The molecule has 0 fully saturated rings. The van der Waals surface area contributed by atoms with Crippen LogP contribution < -0.4 is 10.5 Å². The maximum atomic E-state index is 13.3. The van der Waals surface area contributed by atoms with Crippen LogP contribution in [0.2, 0.25) is 5.02 Å². The molecular weight excluding hydrogens is 443 g/mol. The van der Waals surface area contributed by atoms with Gasteiger partial charge in [-0.1, -0.05) is 55.3 Å². The molecule has 1 unspecified atom stereocenters. The minimum atomic E-state index is -0.504. The predicted molar refractivity (Wildman–Crippen MR) is 132 cm³/mol. The van der Waals surface area contributed by atoms with Gasteiger partial charge in [-0.15, -0.1) is 11.3 Å². The Hall–Kier alpha value is -2.39. The van der Waals surface area contributed by atoms with Crippen molar-refractivity contribution in [3.8, 4) is 28.8 Å². The summed E-state index contributed by atoms with van der Waals surface area (Å²) in [4.78, 5) is 5.81. The van der Waals surface area contributed by atoms with E-state index in [-0.39, 0.29) is 11.7 Å². The molecule has 0 aliphatic heterocycles. The topological polar surface area (TPSA) is 48.1 Å². The number of benzene rings is 2. The zero-order valence-electron chi connectivity index (χ0n) is 18.8. The zero-order valence-corrected chi connectivity index (χ0v) is 20.4. The average molecular weight is 471 g/mol. The molecule has 32 heavy (non-hydrogen) atoms. The first-order valence-electron chi connectivity index (χ1n) is 10.7. The average Bonchev–Trinajstić information content (AvgIpc) is 3.17. The Morgan fingerprint density at radius 2 is 1.91 bits per heavy atom. The normalized spacial score (nSPS) is 12.7. The van der Waals surface area contributed by atoms with Gasteiger partial charge < -0.3 is 10.5 Å². The molecule has 1 heterocycles. The van der Waals surface area contributed by atoms with Gasteiger partial charge >= 0.3 is 0 Å². The van der Waals surface area contributed by atoms with Crippen LogP contribution in [0, 0.1) is 31.5 Å². The van der Waals surface area contributed by atoms with E-state index in [2.05, 4.69) is 18.8 Å². The number of hydrogen-bond acceptors (Lipinski definition) is 4. The van der Waals surface area contributed by atoms with Crippen molar-refractivity contribution in [2.24, 2.45) is 5.73 Å². The van der Waals surface area contributed by atoms with Gasteiger partial charge in [0.05, 0.1) is 17.8 Å². The molecule has 3 aromatic rings. The first kappa shape index (κ1) is 24.3. The largest absolute Gasteiger partial charge is 0.496 e. The highest BCUT2D eigenvalue weighted by molar-refractivity contribution is 7.12. The number of hydrogen-bond donors (Lipinski definition) is 1. The Balaban J connectivity index is 1.88. The van der Waals surface area contributed by atoms with E-state index in [9.17, 15) is 4.39 Å². The second kappa shape index (κ2) is 11.0. The van der Waals surface area contributed by atoms with Crippen molar-refractivity contribution < 1.29 is 9.13 Å². The van der Waals surface area contributed by atoms with E-state index >= 15 is 0 Å². The number of nitrogens with two attached hydrogens (primary N) is 1. The third kappa shape index (κ3) is 5.69. The Bertz CT molecular complexity index is 1130. The van der Waals surface area contributed by atoms with E-state index in [1.807, 2.05) is 26.0 Å². The van der Waals surface area contributed by atoms with Crippen molar-refractivity contribution >= 4 is 22.9 Å². The number of rotatable bonds is 7. The molecule has 0 bridgehead atoms. The number of aryl methyl sites for hydroxylation is 2. The fourth-order valence-corrected chi connectivity index (χ4v) is 4.67. The molecule has 0 saturated carbocycles. The van der Waals surface area contributed by atoms with Crippen molar-refractivity contribution in [1.29, 1.82) is 0 Å². The third-order valence-electron chi connectivity index (χ3n) is 5.35. The molecule has 3 nitrogen and oxygen atoms in total. The Kier molecular flexibility index (Phi) is 8.31. The quantitative estimate of drug-likeness (QED) is 0.371. The second-order valence-corrected chi connectivity index (χ2v) is 9.41. The van der Waals surface area contributed by atoms with E-state index < -0.39 is 6.04 Å². The summed E-state index contributed by atoms with van der Waals surface area (Å²) in [5, 5.41) is 1.34. The second-order valence-electron chi connectivity index (χ2n) is 7.77. The SMILES string of the molecule is CCCC[C@H](C#CC(N)c1nc(-c2cc(C)c(OC)cc2Cl)c(C)s1)c1ccc(F)cc1. The van der Waals surface area contributed by atoms with Crippen LogP contribution in [-0.4, -0.2) is 12.1 Å². The summed E-state index contributed by atoms with van der Waals surface area (Å²) in [6, 6.07) is 9.85. The first-order valence-corrected chi connectivity index (χ1v) is 11.9. The van der Waals surface area contributed by atoms with Crippen LogP contribution in [0.5, 0.6) is 5.75 Å². The van der Waals surface area contributed by atoms with Gasteiger partial charge in [0.1, 0.15) is 22.6 Å². The zero-order chi connectivity index (χ0) is 23.3. The van der Waals surface area contributed by atoms with Gasteiger partial charge in [-0.2, -0.15) is 0 Å². The van der Waals surface area contributed by atoms with Crippen molar-refractivity contribution in [2.75, 3.05) is 7.11 Å². The van der Waals surface area contributed by atoms with Crippen LogP contribution >= 0.6 is 22.9 Å². The molecule has 0 aliphatic rings. The lowest BCUT2D eigenvalue weighted by atomic mass is 9.94. The molecule has 0 aliphatic carbocycles. The number of aromatic nitrogens is 1. The summed E-state index contributed by atoms with van der Waals surface area (Å²) in [5.41, 5.74) is 10.1. The summed E-state index contributed by atoms with van der Waals surface area (Å²) in [6.07, 6.45) is 3.02. The number of nitrogens with zero attached hydrogens (tertiary/aromatic N) is 1. The number of unbranched alkanes of at least 4 members (excludes halogenated alkanes) is 1. The lowest BCUT2D eigenvalue weighted by molar-refractivity contribution is 0.412. The van der Waals surface area contributed by atoms with Gasteiger partial charge in [-0.05, 0) is 55.7 Å². The van der Waals surface area contributed by atoms with Gasteiger partial charge in [0, 0.05) is 16.4 Å². The van der Waals surface area contributed by atoms with Gasteiger partial charge in [0.25, 0.3) is 0 Å². The maximum Gasteiger partial charge on any atom is 0.123 e. The van der Waals surface area contributed by atoms with E-state index in [4.69, 9.17) is 27.1 Å². The summed E-state index contributed by atoms with van der Waals surface area (Å²) in [5.74, 6) is 7.02. The smallest absolute Gasteiger partial charge is 0.123 e. The third-order valence-corrected chi connectivity index (χ3v) is 6.72.